The number of hydrogen-bond donors (Lipinski definition) is 0. The molecule has 8 nitrogen and oxygen atoms in total. The van der Waals surface area contributed by atoms with Gasteiger partial charge in [0.1, 0.15) is 0 Å². The van der Waals surface area contributed by atoms with E-state index in [0.29, 0.717) is 0 Å². The van der Waals surface area contributed by atoms with Gasteiger partial charge in [-0.1, -0.05) is 0 Å². The van der Waals surface area contributed by atoms with E-state index in [9.17, 15) is 18.5 Å². The Balaban J connectivity index is 1.83. The van der Waals surface area contributed by atoms with Gasteiger partial charge in [-0.2, -0.15) is 4.31 Å². The summed E-state index contributed by atoms with van der Waals surface area (Å²) < 4.78 is 33.0. The summed E-state index contributed by atoms with van der Waals surface area (Å²) in [7, 11) is 2.04. The Morgan fingerprint density at radius 3 is 2.21 bits per heavy atom. The minimum absolute atomic E-state index is 0.0752. The lowest BCUT2D eigenvalue weighted by atomic mass is 9.93. The van der Waals surface area contributed by atoms with Gasteiger partial charge < -0.3 is 9.64 Å². The number of hydrogen-bond acceptors (Lipinski definition) is 6. The molecule has 0 saturated heterocycles. The van der Waals surface area contributed by atoms with Crippen molar-refractivity contribution in [2.75, 3.05) is 34.3 Å². The summed E-state index contributed by atoms with van der Waals surface area (Å²) in [6.45, 7) is 1.81. The maximum Gasteiger partial charge on any atom is 0.269 e. The molecule has 1 aromatic rings. The van der Waals surface area contributed by atoms with Crippen LogP contribution >= 0.6 is 0 Å². The third kappa shape index (κ3) is 6.23. The molecule has 28 heavy (non-hydrogen) atoms. The van der Waals surface area contributed by atoms with Crippen LogP contribution in [-0.2, 0) is 14.8 Å². The third-order valence-electron chi connectivity index (χ3n) is 5.24. The average molecular weight is 414 g/mol. The molecule has 1 saturated carbocycles. The van der Waals surface area contributed by atoms with Crippen molar-refractivity contribution in [1.29, 1.82) is 0 Å². The number of rotatable bonds is 10. The van der Waals surface area contributed by atoms with E-state index in [1.807, 2.05) is 0 Å². The van der Waals surface area contributed by atoms with E-state index in [-0.39, 0.29) is 22.7 Å². The van der Waals surface area contributed by atoms with Crippen LogP contribution < -0.4 is 0 Å². The van der Waals surface area contributed by atoms with Gasteiger partial charge >= 0.3 is 0 Å². The van der Waals surface area contributed by atoms with Crippen LogP contribution in [0.25, 0.3) is 0 Å². The molecule has 158 valence electrons. The monoisotopic (exact) mass is 413 g/mol. The molecular weight excluding hydrogens is 382 g/mol. The molecule has 1 aliphatic rings. The number of non-ortho nitro benzene ring substituents is 1. The fourth-order valence-electron chi connectivity index (χ4n) is 3.46. The summed E-state index contributed by atoms with van der Waals surface area (Å²) >= 11 is 0. The van der Waals surface area contributed by atoms with Crippen LogP contribution in [0.3, 0.4) is 0 Å². The summed E-state index contributed by atoms with van der Waals surface area (Å²) in [6, 6.07) is 4.97. The summed E-state index contributed by atoms with van der Waals surface area (Å²) in [5, 5.41) is 10.7. The average Bonchev–Trinajstić information content (AvgIpc) is 2.67. The predicted molar refractivity (Wildman–Crippen MR) is 108 cm³/mol. The standard InChI is InChI=1S/C19H31N3O5S/c1-20(2)14-4-5-15-27-18-10-6-16(7-11-18)21(3)28(25,26)19-12-8-17(9-13-19)22(23)24/h8-9,12-13,16,18H,4-7,10-11,14-15H2,1-3H3. The molecule has 9 heteroatoms. The highest BCUT2D eigenvalue weighted by Crippen LogP contribution is 2.28. The van der Waals surface area contributed by atoms with Gasteiger partial charge in [0.25, 0.3) is 5.69 Å². The maximum absolute atomic E-state index is 12.8. The highest BCUT2D eigenvalue weighted by atomic mass is 32.2. The molecule has 0 spiro atoms. The van der Waals surface area contributed by atoms with Crippen molar-refractivity contribution in [3.05, 3.63) is 34.4 Å². The molecule has 0 bridgehead atoms. The first-order chi connectivity index (χ1) is 13.2. The van der Waals surface area contributed by atoms with Crippen LogP contribution in [0.15, 0.2) is 29.2 Å². The number of unbranched alkanes of at least 4 members (excludes halogenated alkanes) is 1. The number of benzene rings is 1. The third-order valence-corrected chi connectivity index (χ3v) is 7.16. The second kappa shape index (κ2) is 10.3. The molecule has 0 N–H and O–H groups in total. The number of nitrogens with zero attached hydrogens (tertiary/aromatic N) is 3. The molecule has 2 rings (SSSR count). The van der Waals surface area contributed by atoms with E-state index in [0.717, 1.165) is 51.7 Å². The molecule has 0 aromatic heterocycles. The zero-order valence-corrected chi connectivity index (χ0v) is 17.7. The molecule has 1 fully saturated rings. The quantitative estimate of drug-likeness (QED) is 0.333. The highest BCUT2D eigenvalue weighted by Gasteiger charge is 2.32. The van der Waals surface area contributed by atoms with Gasteiger partial charge in [0, 0.05) is 31.8 Å². The summed E-state index contributed by atoms with van der Waals surface area (Å²) in [5.74, 6) is 0. The number of ether oxygens (including phenoxy) is 1. The van der Waals surface area contributed by atoms with Crippen LogP contribution in [0, 0.1) is 10.1 Å². The largest absolute Gasteiger partial charge is 0.378 e. The Labute approximate surface area is 167 Å². The lowest BCUT2D eigenvalue weighted by molar-refractivity contribution is -0.384. The lowest BCUT2D eigenvalue weighted by Gasteiger charge is -2.34. The molecule has 0 radical (unpaired) electrons. The van der Waals surface area contributed by atoms with Gasteiger partial charge in [-0.25, -0.2) is 8.42 Å². The van der Waals surface area contributed by atoms with Crippen molar-refractivity contribution < 1.29 is 18.1 Å². The topological polar surface area (TPSA) is 93.0 Å². The molecule has 0 aliphatic heterocycles. The van der Waals surface area contributed by atoms with Gasteiger partial charge in [0.2, 0.25) is 10.0 Å². The van der Waals surface area contributed by atoms with Crippen molar-refractivity contribution in [1.82, 2.24) is 9.21 Å². The van der Waals surface area contributed by atoms with Crippen LogP contribution in [-0.4, -0.2) is 69.0 Å². The van der Waals surface area contributed by atoms with E-state index in [1.165, 1.54) is 28.6 Å². The van der Waals surface area contributed by atoms with Crippen molar-refractivity contribution in [2.45, 2.75) is 55.6 Å². The van der Waals surface area contributed by atoms with E-state index >= 15 is 0 Å². The minimum atomic E-state index is -3.67. The fourth-order valence-corrected chi connectivity index (χ4v) is 4.87. The molecule has 0 atom stereocenters. The second-order valence-corrected chi connectivity index (χ2v) is 9.58. The van der Waals surface area contributed by atoms with Crippen molar-refractivity contribution in [3.63, 3.8) is 0 Å². The summed E-state index contributed by atoms with van der Waals surface area (Å²) in [6.07, 6.45) is 5.55. The smallest absolute Gasteiger partial charge is 0.269 e. The SMILES string of the molecule is CN(C)CCCCOC1CCC(N(C)S(=O)(=O)c2ccc([N+](=O)[O-])cc2)CC1. The first-order valence-electron chi connectivity index (χ1n) is 9.70. The van der Waals surface area contributed by atoms with Crippen molar-refractivity contribution in [3.8, 4) is 0 Å². The molecule has 0 unspecified atom stereocenters. The van der Waals surface area contributed by atoms with E-state index in [2.05, 4.69) is 19.0 Å². The Morgan fingerprint density at radius 1 is 1.07 bits per heavy atom. The Morgan fingerprint density at radius 2 is 1.68 bits per heavy atom. The number of nitro groups is 1. The number of sulfonamides is 1. The van der Waals surface area contributed by atoms with Gasteiger partial charge in [-0.3, -0.25) is 10.1 Å². The van der Waals surface area contributed by atoms with Crippen molar-refractivity contribution in [2.24, 2.45) is 0 Å². The Hall–Kier alpha value is -1.55. The molecule has 1 aliphatic carbocycles. The molecule has 0 amide bonds. The number of nitro benzene ring substituents is 1. The minimum Gasteiger partial charge on any atom is -0.378 e. The summed E-state index contributed by atoms with van der Waals surface area (Å²) in [5.41, 5.74) is -0.121. The van der Waals surface area contributed by atoms with E-state index < -0.39 is 14.9 Å². The zero-order valence-electron chi connectivity index (χ0n) is 16.9. The highest BCUT2D eigenvalue weighted by molar-refractivity contribution is 7.89. The van der Waals surface area contributed by atoms with Crippen LogP contribution in [0.4, 0.5) is 5.69 Å². The van der Waals surface area contributed by atoms with Crippen molar-refractivity contribution >= 4 is 15.7 Å². The Bertz CT molecular complexity index is 728. The van der Waals surface area contributed by atoms with Crippen LogP contribution in [0.1, 0.15) is 38.5 Å². The predicted octanol–water partition coefficient (Wildman–Crippen LogP) is 2.88. The summed E-state index contributed by atoms with van der Waals surface area (Å²) in [4.78, 5) is 12.4. The first kappa shape index (κ1) is 22.7. The van der Waals surface area contributed by atoms with E-state index in [1.54, 1.807) is 7.05 Å². The van der Waals surface area contributed by atoms with Gasteiger partial charge in [0.15, 0.2) is 0 Å². The van der Waals surface area contributed by atoms with E-state index in [4.69, 9.17) is 4.74 Å². The van der Waals surface area contributed by atoms with Gasteiger partial charge in [0.05, 0.1) is 15.9 Å². The first-order valence-corrected chi connectivity index (χ1v) is 11.1. The lowest BCUT2D eigenvalue weighted by Crippen LogP contribution is -2.40. The second-order valence-electron chi connectivity index (χ2n) is 7.58. The molecular formula is C19H31N3O5S. The normalized spacial score (nSPS) is 20.6. The molecule has 1 aromatic carbocycles. The van der Waals surface area contributed by atoms with Gasteiger partial charge in [-0.05, 0) is 71.3 Å². The fraction of sp³-hybridized carbons (Fsp3) is 0.684. The van der Waals surface area contributed by atoms with Crippen LogP contribution in [0.2, 0.25) is 0 Å². The Kier molecular flexibility index (Phi) is 8.36. The molecule has 0 heterocycles. The zero-order chi connectivity index (χ0) is 20.7. The van der Waals surface area contributed by atoms with Gasteiger partial charge in [-0.15, -0.1) is 0 Å². The van der Waals surface area contributed by atoms with Crippen LogP contribution in [0.5, 0.6) is 0 Å². The maximum atomic E-state index is 12.8.